The van der Waals surface area contributed by atoms with Gasteiger partial charge in [0.25, 0.3) is 5.69 Å². The number of hydrogen-bond donors (Lipinski definition) is 1. The monoisotopic (exact) mass is 289 g/mol. The molecule has 0 radical (unpaired) electrons. The topological polar surface area (TPSA) is 95.1 Å². The highest BCUT2D eigenvalue weighted by Gasteiger charge is 2.26. The number of nitriles is 1. The van der Waals surface area contributed by atoms with E-state index in [1.165, 1.54) is 12.3 Å². The second-order valence-corrected chi connectivity index (χ2v) is 5.34. The number of nitro groups is 1. The molecule has 0 saturated heterocycles. The average Bonchev–Trinajstić information content (AvgIpc) is 2.53. The van der Waals surface area contributed by atoms with E-state index in [-0.39, 0.29) is 11.3 Å². The first-order valence-electron chi connectivity index (χ1n) is 7.01. The lowest BCUT2D eigenvalue weighted by molar-refractivity contribution is -0.385. The molecule has 1 N–H and O–H groups in total. The maximum atomic E-state index is 10.8. The molecule has 1 aliphatic carbocycles. The van der Waals surface area contributed by atoms with Gasteiger partial charge in [0.05, 0.1) is 4.92 Å². The normalized spacial score (nSPS) is 21.6. The highest BCUT2D eigenvalue weighted by atomic mass is 16.6. The van der Waals surface area contributed by atoms with Crippen LogP contribution in [0.4, 0.5) is 11.5 Å². The van der Waals surface area contributed by atoms with Crippen LogP contribution in [0.25, 0.3) is 0 Å². The summed E-state index contributed by atoms with van der Waals surface area (Å²) in [6.07, 6.45) is 5.42. The third kappa shape index (κ3) is 3.28. The van der Waals surface area contributed by atoms with E-state index in [0.717, 1.165) is 25.7 Å². The van der Waals surface area contributed by atoms with Crippen molar-refractivity contribution in [1.82, 2.24) is 10.3 Å². The summed E-state index contributed by atoms with van der Waals surface area (Å²) in [5.74, 6) is 0.524. The zero-order valence-corrected chi connectivity index (χ0v) is 12.2. The molecule has 7 nitrogen and oxygen atoms in total. The van der Waals surface area contributed by atoms with Gasteiger partial charge in [-0.3, -0.25) is 10.1 Å². The Balaban J connectivity index is 2.18. The number of rotatable bonds is 4. The lowest BCUT2D eigenvalue weighted by Gasteiger charge is -2.35. The van der Waals surface area contributed by atoms with Crippen molar-refractivity contribution in [3.05, 3.63) is 27.9 Å². The molecule has 1 fully saturated rings. The molecule has 1 heterocycles. The van der Waals surface area contributed by atoms with Crippen LogP contribution in [-0.2, 0) is 0 Å². The van der Waals surface area contributed by atoms with E-state index < -0.39 is 4.92 Å². The molecule has 0 atom stereocenters. The highest BCUT2D eigenvalue weighted by molar-refractivity contribution is 5.57. The third-order valence-electron chi connectivity index (χ3n) is 4.17. The first kappa shape index (κ1) is 15.2. The van der Waals surface area contributed by atoms with Crippen molar-refractivity contribution >= 4 is 11.5 Å². The molecule has 0 aromatic carbocycles. The van der Waals surface area contributed by atoms with Crippen molar-refractivity contribution in [3.63, 3.8) is 0 Å². The first-order chi connectivity index (χ1) is 10.1. The van der Waals surface area contributed by atoms with Gasteiger partial charge in [-0.2, -0.15) is 5.26 Å². The van der Waals surface area contributed by atoms with Gasteiger partial charge in [-0.15, -0.1) is 0 Å². The quantitative estimate of drug-likeness (QED) is 0.671. The van der Waals surface area contributed by atoms with Crippen LogP contribution in [0, 0.1) is 21.4 Å². The van der Waals surface area contributed by atoms with Crippen LogP contribution in [0.5, 0.6) is 0 Å². The maximum absolute atomic E-state index is 10.8. The summed E-state index contributed by atoms with van der Waals surface area (Å²) in [4.78, 5) is 16.3. The van der Waals surface area contributed by atoms with Gasteiger partial charge in [0.15, 0.2) is 0 Å². The van der Waals surface area contributed by atoms with Gasteiger partial charge in [-0.25, -0.2) is 4.98 Å². The zero-order chi connectivity index (χ0) is 15.4. The lowest BCUT2D eigenvalue weighted by Crippen LogP contribution is -2.40. The van der Waals surface area contributed by atoms with Gasteiger partial charge in [-0.1, -0.05) is 0 Å². The molecular formula is C14H19N5O2. The Morgan fingerprint density at radius 2 is 2.14 bits per heavy atom. The first-order valence-corrected chi connectivity index (χ1v) is 7.01. The Morgan fingerprint density at radius 3 is 2.67 bits per heavy atom. The minimum absolute atomic E-state index is 0.150. The fourth-order valence-corrected chi connectivity index (χ4v) is 2.83. The standard InChI is InChI=1S/C14H19N5O2/c1-16-11-3-5-12(6-4-11)18(2)14-10(8-15)7-13(9-17-14)19(20)21/h7,9,11-12,16H,3-6H2,1-2H3. The largest absolute Gasteiger partial charge is 0.356 e. The predicted octanol–water partition coefficient (Wildman–Crippen LogP) is 1.83. The summed E-state index contributed by atoms with van der Waals surface area (Å²) in [5, 5.41) is 23.2. The van der Waals surface area contributed by atoms with Crippen molar-refractivity contribution < 1.29 is 4.92 Å². The van der Waals surface area contributed by atoms with Crippen LogP contribution in [-0.4, -0.2) is 36.1 Å². The molecule has 112 valence electrons. The van der Waals surface area contributed by atoms with Crippen molar-refractivity contribution in [2.45, 2.75) is 37.8 Å². The van der Waals surface area contributed by atoms with Crippen molar-refractivity contribution in [1.29, 1.82) is 5.26 Å². The second-order valence-electron chi connectivity index (χ2n) is 5.34. The van der Waals surface area contributed by atoms with Gasteiger partial charge >= 0.3 is 0 Å². The third-order valence-corrected chi connectivity index (χ3v) is 4.17. The Morgan fingerprint density at radius 1 is 1.48 bits per heavy atom. The van der Waals surface area contributed by atoms with Gasteiger partial charge in [0, 0.05) is 25.2 Å². The molecule has 1 saturated carbocycles. The summed E-state index contributed by atoms with van der Waals surface area (Å²) in [5.41, 5.74) is 0.102. The second kappa shape index (κ2) is 6.50. The van der Waals surface area contributed by atoms with Gasteiger partial charge in [0.1, 0.15) is 23.6 Å². The number of hydrogen-bond acceptors (Lipinski definition) is 6. The molecule has 0 spiro atoms. The fourth-order valence-electron chi connectivity index (χ4n) is 2.83. The van der Waals surface area contributed by atoms with Crippen molar-refractivity contribution in [2.24, 2.45) is 0 Å². The van der Waals surface area contributed by atoms with Crippen LogP contribution in [0.3, 0.4) is 0 Å². The summed E-state index contributed by atoms with van der Waals surface area (Å²) in [7, 11) is 3.87. The van der Waals surface area contributed by atoms with Crippen LogP contribution in [0.2, 0.25) is 0 Å². The molecule has 1 aromatic rings. The molecule has 7 heteroatoms. The molecule has 1 aromatic heterocycles. The lowest BCUT2D eigenvalue weighted by atomic mass is 9.90. The van der Waals surface area contributed by atoms with Crippen LogP contribution in [0.15, 0.2) is 12.3 Å². The van der Waals surface area contributed by atoms with E-state index in [2.05, 4.69) is 10.3 Å². The van der Waals surface area contributed by atoms with Gasteiger partial charge < -0.3 is 10.2 Å². The molecule has 21 heavy (non-hydrogen) atoms. The molecule has 0 aliphatic heterocycles. The SMILES string of the molecule is CNC1CCC(N(C)c2ncc([N+](=O)[O-])cc2C#N)CC1. The number of pyridine rings is 1. The zero-order valence-electron chi connectivity index (χ0n) is 12.2. The smallest absolute Gasteiger partial charge is 0.289 e. The Kier molecular flexibility index (Phi) is 4.70. The van der Waals surface area contributed by atoms with E-state index >= 15 is 0 Å². The minimum Gasteiger partial charge on any atom is -0.356 e. The molecule has 0 amide bonds. The van der Waals surface area contributed by atoms with Crippen LogP contribution >= 0.6 is 0 Å². The molecule has 0 bridgehead atoms. The van der Waals surface area contributed by atoms with E-state index in [0.29, 0.717) is 17.9 Å². The Hall–Kier alpha value is -2.20. The molecular weight excluding hydrogens is 270 g/mol. The summed E-state index contributed by atoms with van der Waals surface area (Å²) < 4.78 is 0. The molecule has 1 aliphatic rings. The van der Waals surface area contributed by atoms with Crippen LogP contribution < -0.4 is 10.2 Å². The van der Waals surface area contributed by atoms with Crippen LogP contribution in [0.1, 0.15) is 31.2 Å². The number of nitrogens with one attached hydrogen (secondary N) is 1. The fraction of sp³-hybridized carbons (Fsp3) is 0.571. The summed E-state index contributed by atoms with van der Waals surface area (Å²) >= 11 is 0. The van der Waals surface area contributed by atoms with Crippen molar-refractivity contribution in [2.75, 3.05) is 19.0 Å². The highest BCUT2D eigenvalue weighted by Crippen LogP contribution is 2.28. The summed E-state index contributed by atoms with van der Waals surface area (Å²) in [6, 6.07) is 4.17. The minimum atomic E-state index is -0.532. The number of aromatic nitrogens is 1. The van der Waals surface area contributed by atoms with E-state index in [9.17, 15) is 15.4 Å². The van der Waals surface area contributed by atoms with E-state index in [1.54, 1.807) is 0 Å². The Labute approximate surface area is 123 Å². The van der Waals surface area contributed by atoms with Gasteiger partial charge in [0.2, 0.25) is 0 Å². The van der Waals surface area contributed by atoms with E-state index in [1.807, 2.05) is 25.1 Å². The van der Waals surface area contributed by atoms with Crippen molar-refractivity contribution in [3.8, 4) is 6.07 Å². The van der Waals surface area contributed by atoms with Gasteiger partial charge in [-0.05, 0) is 32.7 Å². The maximum Gasteiger partial charge on any atom is 0.289 e. The molecule has 2 rings (SSSR count). The average molecular weight is 289 g/mol. The summed E-state index contributed by atoms with van der Waals surface area (Å²) in [6.45, 7) is 0. The Bertz CT molecular complexity index is 561. The number of anilines is 1. The van der Waals surface area contributed by atoms with E-state index in [4.69, 9.17) is 0 Å². The molecule has 0 unspecified atom stereocenters. The predicted molar refractivity (Wildman–Crippen MR) is 79.1 cm³/mol. The number of nitrogens with zero attached hydrogens (tertiary/aromatic N) is 4.